The molecule has 0 saturated heterocycles. The van der Waals surface area contributed by atoms with Gasteiger partial charge in [0.1, 0.15) is 5.82 Å². The van der Waals surface area contributed by atoms with Crippen molar-refractivity contribution in [3.05, 3.63) is 52.0 Å². The Morgan fingerprint density at radius 3 is 2.47 bits per heavy atom. The fraction of sp³-hybridized carbons (Fsp3) is 0.167. The highest BCUT2D eigenvalue weighted by atomic mass is 35.5. The van der Waals surface area contributed by atoms with Crippen molar-refractivity contribution in [2.75, 3.05) is 5.32 Å². The van der Waals surface area contributed by atoms with E-state index in [0.717, 1.165) is 5.56 Å². The second kappa shape index (κ2) is 4.98. The van der Waals surface area contributed by atoms with E-state index in [0.29, 0.717) is 12.2 Å². The summed E-state index contributed by atoms with van der Waals surface area (Å²) >= 11 is 11.8. The van der Waals surface area contributed by atoms with Gasteiger partial charge < -0.3 is 9.88 Å². The van der Waals surface area contributed by atoms with Gasteiger partial charge in [-0.15, -0.1) is 0 Å². The molecule has 0 bridgehead atoms. The molecule has 5 heteroatoms. The molecule has 1 heterocycles. The van der Waals surface area contributed by atoms with Crippen molar-refractivity contribution in [3.63, 3.8) is 0 Å². The number of aromatic nitrogens is 1. The third-order valence-corrected chi connectivity index (χ3v) is 2.97. The van der Waals surface area contributed by atoms with E-state index in [1.54, 1.807) is 0 Å². The molecule has 0 aliphatic rings. The van der Waals surface area contributed by atoms with E-state index in [1.165, 1.54) is 12.1 Å². The Hall–Kier alpha value is -1.19. The van der Waals surface area contributed by atoms with Gasteiger partial charge in [-0.3, -0.25) is 0 Å². The summed E-state index contributed by atoms with van der Waals surface area (Å²) in [5.74, 6) is -0.440. The number of hydrogen-bond acceptors (Lipinski definition) is 1. The number of anilines is 1. The maximum Gasteiger partial charge on any atom is 0.126 e. The number of aryl methyl sites for hydroxylation is 1. The number of hydrogen-bond donors (Lipinski definition) is 1. The Bertz CT molecular complexity index is 514. The monoisotopic (exact) mass is 272 g/mol. The Balaban J connectivity index is 2.14. The van der Waals surface area contributed by atoms with Crippen LogP contribution >= 0.6 is 23.2 Å². The van der Waals surface area contributed by atoms with Gasteiger partial charge in [0.25, 0.3) is 0 Å². The summed E-state index contributed by atoms with van der Waals surface area (Å²) in [6.45, 7) is 0.589. The molecule has 0 aliphatic carbocycles. The summed E-state index contributed by atoms with van der Waals surface area (Å²) in [6, 6.07) is 4.46. The summed E-state index contributed by atoms with van der Waals surface area (Å²) in [4.78, 5) is 0. The summed E-state index contributed by atoms with van der Waals surface area (Å²) in [5, 5.41) is 3.66. The Morgan fingerprint density at radius 1 is 1.29 bits per heavy atom. The molecule has 0 unspecified atom stereocenters. The standard InChI is InChI=1S/C12H11Cl2FN2/c1-17-3-2-8(7-17)6-16-12-10(13)4-9(15)5-11(12)14/h2-5,7,16H,6H2,1H3. The van der Waals surface area contributed by atoms with Crippen molar-refractivity contribution in [2.24, 2.45) is 7.05 Å². The quantitative estimate of drug-likeness (QED) is 0.891. The molecule has 0 aliphatic heterocycles. The van der Waals surface area contributed by atoms with E-state index in [9.17, 15) is 4.39 Å². The summed E-state index contributed by atoms with van der Waals surface area (Å²) in [6.07, 6.45) is 3.93. The molecule has 1 aromatic carbocycles. The van der Waals surface area contributed by atoms with Gasteiger partial charge in [-0.05, 0) is 23.8 Å². The predicted molar refractivity (Wildman–Crippen MR) is 69.2 cm³/mol. The molecule has 0 saturated carbocycles. The zero-order valence-electron chi connectivity index (χ0n) is 9.17. The number of halogens is 3. The van der Waals surface area contributed by atoms with E-state index in [2.05, 4.69) is 5.32 Å². The average Bonchev–Trinajstić information content (AvgIpc) is 2.62. The van der Waals surface area contributed by atoms with Crippen LogP contribution in [0, 0.1) is 5.82 Å². The first-order valence-electron chi connectivity index (χ1n) is 5.05. The van der Waals surface area contributed by atoms with Crippen molar-refractivity contribution in [2.45, 2.75) is 6.54 Å². The van der Waals surface area contributed by atoms with Crippen LogP contribution in [0.25, 0.3) is 0 Å². The SMILES string of the molecule is Cn1ccc(CNc2c(Cl)cc(F)cc2Cl)c1. The first kappa shape index (κ1) is 12.3. The van der Waals surface area contributed by atoms with Crippen molar-refractivity contribution in [1.82, 2.24) is 4.57 Å². The molecule has 0 spiro atoms. The van der Waals surface area contributed by atoms with Crippen molar-refractivity contribution in [1.29, 1.82) is 0 Å². The van der Waals surface area contributed by atoms with E-state index < -0.39 is 5.82 Å². The van der Waals surface area contributed by atoms with Crippen LogP contribution in [0.5, 0.6) is 0 Å². The first-order chi connectivity index (χ1) is 8.06. The van der Waals surface area contributed by atoms with Crippen LogP contribution in [0.15, 0.2) is 30.6 Å². The van der Waals surface area contributed by atoms with Gasteiger partial charge in [0.15, 0.2) is 0 Å². The van der Waals surface area contributed by atoms with Gasteiger partial charge in [0.2, 0.25) is 0 Å². The number of rotatable bonds is 3. The maximum absolute atomic E-state index is 13.0. The summed E-state index contributed by atoms with van der Waals surface area (Å²) in [5.41, 5.74) is 1.66. The smallest absolute Gasteiger partial charge is 0.126 e. The molecule has 0 amide bonds. The highest BCUT2D eigenvalue weighted by molar-refractivity contribution is 6.39. The van der Waals surface area contributed by atoms with E-state index in [1.807, 2.05) is 30.1 Å². The van der Waals surface area contributed by atoms with Crippen molar-refractivity contribution < 1.29 is 4.39 Å². The van der Waals surface area contributed by atoms with Gasteiger partial charge in [-0.1, -0.05) is 23.2 Å². The lowest BCUT2D eigenvalue weighted by atomic mass is 10.3. The summed E-state index contributed by atoms with van der Waals surface area (Å²) in [7, 11) is 1.95. The van der Waals surface area contributed by atoms with Crippen LogP contribution in [0.3, 0.4) is 0 Å². The second-order valence-corrected chi connectivity index (χ2v) is 4.60. The maximum atomic E-state index is 13.0. The lowest BCUT2D eigenvalue weighted by Gasteiger charge is -2.09. The minimum absolute atomic E-state index is 0.283. The molecule has 1 N–H and O–H groups in total. The Kier molecular flexibility index (Phi) is 3.60. The van der Waals surface area contributed by atoms with Crippen LogP contribution in [0.4, 0.5) is 10.1 Å². The topological polar surface area (TPSA) is 17.0 Å². The Morgan fingerprint density at radius 2 is 1.94 bits per heavy atom. The highest BCUT2D eigenvalue weighted by Gasteiger charge is 2.08. The van der Waals surface area contributed by atoms with Crippen LogP contribution in [0.1, 0.15) is 5.56 Å². The van der Waals surface area contributed by atoms with Crippen LogP contribution in [0.2, 0.25) is 10.0 Å². The molecule has 0 atom stereocenters. The molecule has 17 heavy (non-hydrogen) atoms. The normalized spacial score (nSPS) is 10.6. The van der Waals surface area contributed by atoms with E-state index in [4.69, 9.17) is 23.2 Å². The molecular formula is C12H11Cl2FN2. The fourth-order valence-electron chi connectivity index (χ4n) is 1.57. The zero-order valence-corrected chi connectivity index (χ0v) is 10.7. The lowest BCUT2D eigenvalue weighted by Crippen LogP contribution is -2.00. The van der Waals surface area contributed by atoms with Gasteiger partial charge in [-0.25, -0.2) is 4.39 Å². The van der Waals surface area contributed by atoms with Crippen molar-refractivity contribution in [3.8, 4) is 0 Å². The first-order valence-corrected chi connectivity index (χ1v) is 5.81. The molecule has 1 aromatic heterocycles. The van der Waals surface area contributed by atoms with E-state index in [-0.39, 0.29) is 10.0 Å². The second-order valence-electron chi connectivity index (χ2n) is 3.78. The molecule has 2 aromatic rings. The van der Waals surface area contributed by atoms with Crippen molar-refractivity contribution >= 4 is 28.9 Å². The molecular weight excluding hydrogens is 262 g/mol. The minimum atomic E-state index is -0.440. The van der Waals surface area contributed by atoms with Crippen LogP contribution in [-0.4, -0.2) is 4.57 Å². The highest BCUT2D eigenvalue weighted by Crippen LogP contribution is 2.31. The molecule has 0 radical (unpaired) electrons. The zero-order chi connectivity index (χ0) is 12.4. The van der Waals surface area contributed by atoms with Gasteiger partial charge in [0.05, 0.1) is 15.7 Å². The molecule has 0 fully saturated rings. The number of nitrogens with one attached hydrogen (secondary N) is 1. The number of nitrogens with zero attached hydrogens (tertiary/aromatic N) is 1. The Labute approximate surface area is 109 Å². The fourth-order valence-corrected chi connectivity index (χ4v) is 2.16. The third kappa shape index (κ3) is 2.93. The average molecular weight is 273 g/mol. The molecule has 90 valence electrons. The third-order valence-electron chi connectivity index (χ3n) is 2.37. The lowest BCUT2D eigenvalue weighted by molar-refractivity contribution is 0.628. The minimum Gasteiger partial charge on any atom is -0.378 e. The van der Waals surface area contributed by atoms with Gasteiger partial charge in [0, 0.05) is 26.0 Å². The van der Waals surface area contributed by atoms with Gasteiger partial charge in [-0.2, -0.15) is 0 Å². The van der Waals surface area contributed by atoms with E-state index >= 15 is 0 Å². The summed E-state index contributed by atoms with van der Waals surface area (Å²) < 4.78 is 14.9. The number of benzene rings is 1. The molecule has 2 nitrogen and oxygen atoms in total. The van der Waals surface area contributed by atoms with Crippen LogP contribution in [-0.2, 0) is 13.6 Å². The van der Waals surface area contributed by atoms with Gasteiger partial charge >= 0.3 is 0 Å². The molecule has 2 rings (SSSR count). The predicted octanol–water partition coefficient (Wildman–Crippen LogP) is 4.08. The largest absolute Gasteiger partial charge is 0.378 e. The van der Waals surface area contributed by atoms with Crippen LogP contribution < -0.4 is 5.32 Å².